The first kappa shape index (κ1) is 12.3. The molecule has 6 heteroatoms. The monoisotopic (exact) mass is 268 g/mol. The van der Waals surface area contributed by atoms with Gasteiger partial charge in [-0.05, 0) is 12.1 Å². The molecule has 0 saturated heterocycles. The van der Waals surface area contributed by atoms with Crippen LogP contribution in [-0.2, 0) is 0 Å². The molecule has 0 aliphatic rings. The second-order valence-corrected chi connectivity index (χ2v) is 5.39. The van der Waals surface area contributed by atoms with Gasteiger partial charge in [0.25, 0.3) is 0 Å². The van der Waals surface area contributed by atoms with E-state index in [0.717, 1.165) is 10.1 Å². The fourth-order valence-corrected chi connectivity index (χ4v) is 2.57. The molecule has 1 heterocycles. The lowest BCUT2D eigenvalue weighted by Gasteiger charge is -2.10. The van der Waals surface area contributed by atoms with Crippen LogP contribution in [0.3, 0.4) is 0 Å². The minimum atomic E-state index is -0.510. The van der Waals surface area contributed by atoms with Crippen LogP contribution in [0, 0.1) is 0 Å². The highest BCUT2D eigenvalue weighted by Gasteiger charge is 2.07. The van der Waals surface area contributed by atoms with Crippen LogP contribution in [-0.4, -0.2) is 33.8 Å². The van der Waals surface area contributed by atoms with E-state index in [1.165, 1.54) is 23.1 Å². The van der Waals surface area contributed by atoms with E-state index in [0.29, 0.717) is 5.75 Å². The predicted molar refractivity (Wildman–Crippen MR) is 68.6 cm³/mol. The molecule has 0 radical (unpaired) electrons. The first-order chi connectivity index (χ1) is 8.34. The van der Waals surface area contributed by atoms with Crippen molar-refractivity contribution in [2.24, 2.45) is 0 Å². The largest absolute Gasteiger partial charge is 0.491 e. The number of rotatable bonds is 6. The SMILES string of the molecule is O[C@@H](COc1ccccc1)CSc1nncs1. The Morgan fingerprint density at radius 3 is 2.88 bits per heavy atom. The normalized spacial score (nSPS) is 12.3. The van der Waals surface area contributed by atoms with Gasteiger partial charge in [-0.1, -0.05) is 41.3 Å². The van der Waals surface area contributed by atoms with Crippen molar-refractivity contribution in [2.45, 2.75) is 10.4 Å². The van der Waals surface area contributed by atoms with Crippen LogP contribution in [0.15, 0.2) is 40.2 Å². The van der Waals surface area contributed by atoms with Gasteiger partial charge in [0.1, 0.15) is 17.9 Å². The standard InChI is InChI=1S/C11H12N2O2S2/c14-9(7-16-11-13-12-8-17-11)6-15-10-4-2-1-3-5-10/h1-5,8-9,14H,6-7H2/t9-/m0/s1. The molecule has 0 bridgehead atoms. The van der Waals surface area contributed by atoms with Crippen LogP contribution in [0.5, 0.6) is 5.75 Å². The Balaban J connectivity index is 1.69. The van der Waals surface area contributed by atoms with Crippen LogP contribution in [0.2, 0.25) is 0 Å². The first-order valence-electron chi connectivity index (χ1n) is 5.09. The van der Waals surface area contributed by atoms with Crippen molar-refractivity contribution in [3.05, 3.63) is 35.8 Å². The topological polar surface area (TPSA) is 55.2 Å². The molecule has 1 atom stereocenters. The van der Waals surface area contributed by atoms with E-state index in [4.69, 9.17) is 4.74 Å². The highest BCUT2D eigenvalue weighted by atomic mass is 32.2. The van der Waals surface area contributed by atoms with E-state index in [9.17, 15) is 5.11 Å². The Morgan fingerprint density at radius 2 is 2.18 bits per heavy atom. The number of ether oxygens (including phenoxy) is 1. The number of hydrogen-bond donors (Lipinski definition) is 1. The fraction of sp³-hybridized carbons (Fsp3) is 0.273. The summed E-state index contributed by atoms with van der Waals surface area (Å²) in [6.45, 7) is 0.288. The summed E-state index contributed by atoms with van der Waals surface area (Å²) in [5.74, 6) is 1.33. The molecule has 0 saturated carbocycles. The summed E-state index contributed by atoms with van der Waals surface area (Å²) >= 11 is 2.95. The Bertz CT molecular complexity index is 422. The molecule has 0 unspecified atom stereocenters. The molecule has 1 N–H and O–H groups in total. The Hall–Kier alpha value is -1.11. The number of aliphatic hydroxyl groups is 1. The highest BCUT2D eigenvalue weighted by molar-refractivity contribution is 8.01. The van der Waals surface area contributed by atoms with Crippen LogP contribution >= 0.6 is 23.1 Å². The second-order valence-electron chi connectivity index (χ2n) is 3.29. The predicted octanol–water partition coefficient (Wildman–Crippen LogP) is 2.07. The van der Waals surface area contributed by atoms with Gasteiger partial charge in [0, 0.05) is 5.75 Å². The zero-order valence-electron chi connectivity index (χ0n) is 9.02. The second kappa shape index (κ2) is 6.58. The third-order valence-corrected chi connectivity index (χ3v) is 3.93. The van der Waals surface area contributed by atoms with Gasteiger partial charge in [0.05, 0.1) is 6.10 Å². The number of aliphatic hydroxyl groups excluding tert-OH is 1. The molecule has 2 aromatic rings. The molecule has 0 aliphatic carbocycles. The van der Waals surface area contributed by atoms with E-state index in [-0.39, 0.29) is 6.61 Å². The van der Waals surface area contributed by atoms with Gasteiger partial charge in [-0.25, -0.2) is 0 Å². The number of nitrogens with zero attached hydrogens (tertiary/aromatic N) is 2. The maximum Gasteiger partial charge on any atom is 0.174 e. The zero-order chi connectivity index (χ0) is 11.9. The van der Waals surface area contributed by atoms with E-state index in [1.54, 1.807) is 5.51 Å². The number of para-hydroxylation sites is 1. The summed E-state index contributed by atoms with van der Waals surface area (Å²) in [6, 6.07) is 9.46. The average molecular weight is 268 g/mol. The van der Waals surface area contributed by atoms with Crippen molar-refractivity contribution in [3.63, 3.8) is 0 Å². The molecule has 0 fully saturated rings. The number of aromatic nitrogens is 2. The van der Waals surface area contributed by atoms with Crippen molar-refractivity contribution in [1.29, 1.82) is 0 Å². The third-order valence-electron chi connectivity index (χ3n) is 1.92. The maximum atomic E-state index is 9.72. The van der Waals surface area contributed by atoms with Gasteiger partial charge in [0.15, 0.2) is 4.34 Å². The summed E-state index contributed by atoms with van der Waals surface area (Å²) in [7, 11) is 0. The average Bonchev–Trinajstić information content (AvgIpc) is 2.88. The van der Waals surface area contributed by atoms with Crippen molar-refractivity contribution in [3.8, 4) is 5.75 Å². The Labute approximate surface area is 108 Å². The van der Waals surface area contributed by atoms with Gasteiger partial charge < -0.3 is 9.84 Å². The van der Waals surface area contributed by atoms with Crippen molar-refractivity contribution in [2.75, 3.05) is 12.4 Å². The van der Waals surface area contributed by atoms with E-state index in [2.05, 4.69) is 10.2 Å². The minimum absolute atomic E-state index is 0.288. The van der Waals surface area contributed by atoms with Gasteiger partial charge in [0.2, 0.25) is 0 Å². The molecule has 90 valence electrons. The van der Waals surface area contributed by atoms with E-state index in [1.807, 2.05) is 30.3 Å². The lowest BCUT2D eigenvalue weighted by molar-refractivity contribution is 0.126. The molecule has 0 amide bonds. The summed E-state index contributed by atoms with van der Waals surface area (Å²) in [4.78, 5) is 0. The molecular formula is C11H12N2O2S2. The smallest absolute Gasteiger partial charge is 0.174 e. The fourth-order valence-electron chi connectivity index (χ4n) is 1.15. The van der Waals surface area contributed by atoms with E-state index < -0.39 is 6.10 Å². The van der Waals surface area contributed by atoms with Gasteiger partial charge >= 0.3 is 0 Å². The maximum absolute atomic E-state index is 9.72. The number of thioether (sulfide) groups is 1. The lowest BCUT2D eigenvalue weighted by Crippen LogP contribution is -2.19. The third kappa shape index (κ3) is 4.33. The van der Waals surface area contributed by atoms with Crippen LogP contribution in [0.4, 0.5) is 0 Å². The zero-order valence-corrected chi connectivity index (χ0v) is 10.7. The van der Waals surface area contributed by atoms with E-state index >= 15 is 0 Å². The molecule has 0 aliphatic heterocycles. The highest BCUT2D eigenvalue weighted by Crippen LogP contribution is 2.20. The molecule has 1 aromatic carbocycles. The molecule has 2 rings (SSSR count). The molecule has 4 nitrogen and oxygen atoms in total. The minimum Gasteiger partial charge on any atom is -0.491 e. The molecule has 17 heavy (non-hydrogen) atoms. The number of benzene rings is 1. The van der Waals surface area contributed by atoms with Crippen LogP contribution in [0.1, 0.15) is 0 Å². The van der Waals surface area contributed by atoms with Crippen molar-refractivity contribution >= 4 is 23.1 Å². The summed E-state index contributed by atoms with van der Waals surface area (Å²) < 4.78 is 6.31. The van der Waals surface area contributed by atoms with Crippen LogP contribution < -0.4 is 4.74 Å². The summed E-state index contributed by atoms with van der Waals surface area (Å²) in [5.41, 5.74) is 1.68. The first-order valence-corrected chi connectivity index (χ1v) is 6.96. The Morgan fingerprint density at radius 1 is 1.35 bits per heavy atom. The quantitative estimate of drug-likeness (QED) is 0.813. The number of hydrogen-bond acceptors (Lipinski definition) is 6. The van der Waals surface area contributed by atoms with Crippen LogP contribution in [0.25, 0.3) is 0 Å². The van der Waals surface area contributed by atoms with Crippen molar-refractivity contribution in [1.82, 2.24) is 10.2 Å². The molecule has 0 spiro atoms. The Kier molecular flexibility index (Phi) is 4.78. The summed E-state index contributed by atoms with van der Waals surface area (Å²) in [6.07, 6.45) is -0.510. The molecule has 1 aromatic heterocycles. The lowest BCUT2D eigenvalue weighted by atomic mass is 10.3. The summed E-state index contributed by atoms with van der Waals surface area (Å²) in [5, 5.41) is 17.3. The van der Waals surface area contributed by atoms with Gasteiger partial charge in [-0.2, -0.15) is 0 Å². The van der Waals surface area contributed by atoms with Crippen molar-refractivity contribution < 1.29 is 9.84 Å². The molecular weight excluding hydrogens is 256 g/mol. The van der Waals surface area contributed by atoms with Gasteiger partial charge in [-0.3, -0.25) is 0 Å². The van der Waals surface area contributed by atoms with Gasteiger partial charge in [-0.15, -0.1) is 10.2 Å².